The highest BCUT2D eigenvalue weighted by Gasteiger charge is 2.33. The second kappa shape index (κ2) is 8.11. The first-order valence-corrected chi connectivity index (χ1v) is 8.30. The number of rotatable bonds is 6. The quantitative estimate of drug-likeness (QED) is 0.802. The smallest absolute Gasteiger partial charge is 0.219 e. The van der Waals surface area contributed by atoms with Crippen LogP contribution >= 0.6 is 0 Å². The van der Waals surface area contributed by atoms with E-state index in [-0.39, 0.29) is 5.91 Å². The van der Waals surface area contributed by atoms with Gasteiger partial charge in [0.05, 0.1) is 12.7 Å². The van der Waals surface area contributed by atoms with E-state index < -0.39 is 6.10 Å². The Labute approximate surface area is 128 Å². The molecule has 122 valence electrons. The Balaban J connectivity index is 1.85. The number of likely N-dealkylation sites (tertiary alicyclic amines) is 1. The third kappa shape index (κ3) is 4.66. The van der Waals surface area contributed by atoms with Gasteiger partial charge in [-0.3, -0.25) is 4.79 Å². The summed E-state index contributed by atoms with van der Waals surface area (Å²) in [5.41, 5.74) is 0. The topological polar surface area (TPSA) is 53.0 Å². The Hall–Kier alpha value is -0.650. The summed E-state index contributed by atoms with van der Waals surface area (Å²) in [4.78, 5) is 16.4. The van der Waals surface area contributed by atoms with Crippen LogP contribution in [0.3, 0.4) is 0 Å². The van der Waals surface area contributed by atoms with Crippen molar-refractivity contribution in [2.24, 2.45) is 0 Å². The van der Waals surface area contributed by atoms with Crippen molar-refractivity contribution >= 4 is 5.91 Å². The maximum Gasteiger partial charge on any atom is 0.219 e. The molecule has 1 aliphatic heterocycles. The van der Waals surface area contributed by atoms with Crippen molar-refractivity contribution in [1.82, 2.24) is 9.80 Å². The monoisotopic (exact) mass is 298 g/mol. The lowest BCUT2D eigenvalue weighted by Gasteiger charge is -2.42. The van der Waals surface area contributed by atoms with Gasteiger partial charge in [0.1, 0.15) is 0 Å². The largest absolute Gasteiger partial charge is 0.389 e. The Bertz CT molecular complexity index is 333. The van der Waals surface area contributed by atoms with Gasteiger partial charge in [0.25, 0.3) is 0 Å². The van der Waals surface area contributed by atoms with Crippen molar-refractivity contribution in [2.45, 2.75) is 63.6 Å². The molecule has 0 bridgehead atoms. The van der Waals surface area contributed by atoms with Crippen molar-refractivity contribution in [3.63, 3.8) is 0 Å². The fourth-order valence-corrected chi connectivity index (χ4v) is 3.62. The zero-order valence-corrected chi connectivity index (χ0v) is 13.5. The summed E-state index contributed by atoms with van der Waals surface area (Å²) in [5.74, 6) is 0.234. The van der Waals surface area contributed by atoms with Crippen LogP contribution < -0.4 is 0 Å². The molecule has 1 N–H and O–H groups in total. The van der Waals surface area contributed by atoms with Gasteiger partial charge >= 0.3 is 0 Å². The standard InChI is InChI=1S/C16H30N2O3/c1-13(19)18(14-5-3-6-14)15-7-4-9-17(10-8-15)11-16(20)12-21-2/h14-16,20H,3-12H2,1-2H3/t15?,16-/m0/s1. The number of nitrogens with zero attached hydrogens (tertiary/aromatic N) is 2. The van der Waals surface area contributed by atoms with Crippen LogP contribution in [0.25, 0.3) is 0 Å². The molecule has 2 fully saturated rings. The molecule has 5 heteroatoms. The molecule has 1 saturated carbocycles. The van der Waals surface area contributed by atoms with E-state index in [1.165, 1.54) is 19.3 Å². The van der Waals surface area contributed by atoms with E-state index in [1.807, 2.05) is 0 Å². The van der Waals surface area contributed by atoms with Crippen LogP contribution in [0.2, 0.25) is 0 Å². The second-order valence-electron chi connectivity index (χ2n) is 6.51. The molecule has 2 rings (SSSR count). The Morgan fingerprint density at radius 2 is 1.90 bits per heavy atom. The molecule has 21 heavy (non-hydrogen) atoms. The van der Waals surface area contributed by atoms with E-state index in [0.717, 1.165) is 32.4 Å². The van der Waals surface area contributed by atoms with Crippen molar-refractivity contribution < 1.29 is 14.6 Å². The summed E-state index contributed by atoms with van der Waals surface area (Å²) < 4.78 is 4.99. The van der Waals surface area contributed by atoms with Gasteiger partial charge in [-0.1, -0.05) is 0 Å². The minimum atomic E-state index is -0.415. The predicted octanol–water partition coefficient (Wildman–Crippen LogP) is 1.25. The van der Waals surface area contributed by atoms with Crippen LogP contribution in [0.15, 0.2) is 0 Å². The fraction of sp³-hybridized carbons (Fsp3) is 0.938. The van der Waals surface area contributed by atoms with E-state index >= 15 is 0 Å². The lowest BCUT2D eigenvalue weighted by molar-refractivity contribution is -0.136. The number of methoxy groups -OCH3 is 1. The van der Waals surface area contributed by atoms with Gasteiger partial charge in [0, 0.05) is 39.2 Å². The number of carbonyl (C=O) groups is 1. The molecule has 1 aliphatic carbocycles. The molecular formula is C16H30N2O3. The summed E-state index contributed by atoms with van der Waals surface area (Å²) in [5, 5.41) is 9.86. The Morgan fingerprint density at radius 3 is 2.48 bits per heavy atom. The zero-order valence-electron chi connectivity index (χ0n) is 13.5. The van der Waals surface area contributed by atoms with E-state index in [9.17, 15) is 9.90 Å². The van der Waals surface area contributed by atoms with Gasteiger partial charge < -0.3 is 19.6 Å². The molecule has 1 saturated heterocycles. The van der Waals surface area contributed by atoms with Crippen molar-refractivity contribution in [1.29, 1.82) is 0 Å². The highest BCUT2D eigenvalue weighted by molar-refractivity contribution is 5.74. The van der Waals surface area contributed by atoms with Gasteiger partial charge in [-0.15, -0.1) is 0 Å². The fourth-order valence-electron chi connectivity index (χ4n) is 3.62. The van der Waals surface area contributed by atoms with E-state index in [2.05, 4.69) is 9.80 Å². The summed E-state index contributed by atoms with van der Waals surface area (Å²) in [7, 11) is 1.62. The van der Waals surface area contributed by atoms with Crippen LogP contribution in [0.4, 0.5) is 0 Å². The molecule has 0 radical (unpaired) electrons. The van der Waals surface area contributed by atoms with Crippen LogP contribution in [0.5, 0.6) is 0 Å². The zero-order chi connectivity index (χ0) is 15.2. The number of hydrogen-bond donors (Lipinski definition) is 1. The number of β-amino-alcohol motifs (C(OH)–C–C–N with tert-alkyl or cyclic N) is 1. The molecule has 1 unspecified atom stereocenters. The van der Waals surface area contributed by atoms with Crippen LogP contribution in [0.1, 0.15) is 45.4 Å². The first kappa shape index (κ1) is 16.7. The summed E-state index contributed by atoms with van der Waals surface area (Å²) in [6.07, 6.45) is 6.40. The Kier molecular flexibility index (Phi) is 6.45. The normalized spacial score (nSPS) is 26.0. The van der Waals surface area contributed by atoms with Gasteiger partial charge in [-0.25, -0.2) is 0 Å². The first-order valence-electron chi connectivity index (χ1n) is 8.30. The summed E-state index contributed by atoms with van der Waals surface area (Å²) in [6.45, 7) is 4.74. The van der Waals surface area contributed by atoms with Crippen LogP contribution in [0, 0.1) is 0 Å². The van der Waals surface area contributed by atoms with Gasteiger partial charge in [-0.2, -0.15) is 0 Å². The van der Waals surface area contributed by atoms with E-state index in [4.69, 9.17) is 4.74 Å². The van der Waals surface area contributed by atoms with E-state index in [0.29, 0.717) is 25.2 Å². The highest BCUT2D eigenvalue weighted by Crippen LogP contribution is 2.30. The average Bonchev–Trinajstić information content (AvgIpc) is 2.59. The molecule has 1 amide bonds. The lowest BCUT2D eigenvalue weighted by Crippen LogP contribution is -2.49. The third-order valence-corrected chi connectivity index (χ3v) is 4.84. The third-order valence-electron chi connectivity index (χ3n) is 4.84. The van der Waals surface area contributed by atoms with Crippen molar-refractivity contribution in [3.05, 3.63) is 0 Å². The summed E-state index contributed by atoms with van der Waals surface area (Å²) >= 11 is 0. The number of aliphatic hydroxyl groups excluding tert-OH is 1. The average molecular weight is 298 g/mol. The molecule has 5 nitrogen and oxygen atoms in total. The van der Waals surface area contributed by atoms with Crippen LogP contribution in [-0.2, 0) is 9.53 Å². The molecule has 1 heterocycles. The van der Waals surface area contributed by atoms with Gasteiger partial charge in [0.15, 0.2) is 0 Å². The molecular weight excluding hydrogens is 268 g/mol. The number of amides is 1. The molecule has 0 aromatic carbocycles. The first-order chi connectivity index (χ1) is 10.1. The SMILES string of the molecule is COC[C@@H](O)CN1CCCC(N(C(C)=O)C2CCC2)CC1. The minimum Gasteiger partial charge on any atom is -0.389 e. The van der Waals surface area contributed by atoms with Gasteiger partial charge in [-0.05, 0) is 45.1 Å². The molecule has 2 atom stereocenters. The van der Waals surface area contributed by atoms with Crippen LogP contribution in [-0.4, -0.2) is 72.4 Å². The van der Waals surface area contributed by atoms with E-state index in [1.54, 1.807) is 14.0 Å². The number of hydrogen-bond acceptors (Lipinski definition) is 4. The van der Waals surface area contributed by atoms with Gasteiger partial charge in [0.2, 0.25) is 5.91 Å². The number of ether oxygens (including phenoxy) is 1. The van der Waals surface area contributed by atoms with Crippen molar-refractivity contribution in [2.75, 3.05) is 33.4 Å². The minimum absolute atomic E-state index is 0.234. The lowest BCUT2D eigenvalue weighted by atomic mass is 9.89. The summed E-state index contributed by atoms with van der Waals surface area (Å²) in [6, 6.07) is 0.871. The number of carbonyl (C=O) groups excluding carboxylic acids is 1. The molecule has 0 spiro atoms. The van der Waals surface area contributed by atoms with Crippen molar-refractivity contribution in [3.8, 4) is 0 Å². The Morgan fingerprint density at radius 1 is 1.24 bits per heavy atom. The molecule has 0 aromatic heterocycles. The maximum absolute atomic E-state index is 12.0. The number of aliphatic hydroxyl groups is 1. The molecule has 2 aliphatic rings. The second-order valence-corrected chi connectivity index (χ2v) is 6.51. The highest BCUT2D eigenvalue weighted by atomic mass is 16.5. The molecule has 0 aromatic rings. The maximum atomic E-state index is 12.0. The predicted molar refractivity (Wildman–Crippen MR) is 82.1 cm³/mol.